The highest BCUT2D eigenvalue weighted by Gasteiger charge is 2.31. The van der Waals surface area contributed by atoms with E-state index in [0.29, 0.717) is 17.7 Å². The van der Waals surface area contributed by atoms with Crippen LogP contribution in [0.25, 0.3) is 5.78 Å². The Bertz CT molecular complexity index is 885. The van der Waals surface area contributed by atoms with Gasteiger partial charge in [-0.2, -0.15) is 14.6 Å². The molecule has 0 aromatic carbocycles. The van der Waals surface area contributed by atoms with Gasteiger partial charge in [-0.05, 0) is 32.1 Å². The lowest BCUT2D eigenvalue weighted by Crippen LogP contribution is -2.35. The van der Waals surface area contributed by atoms with E-state index in [9.17, 15) is 0 Å². The number of piperidine rings is 1. The molecule has 8 nitrogen and oxygen atoms in total. The summed E-state index contributed by atoms with van der Waals surface area (Å²) >= 11 is 0. The number of fused-ring (bicyclic) bond motifs is 1. The summed E-state index contributed by atoms with van der Waals surface area (Å²) in [6.07, 6.45) is 9.11. The topological polar surface area (TPSA) is 77.0 Å². The number of aryl methyl sites for hydroxylation is 1. The summed E-state index contributed by atoms with van der Waals surface area (Å²) < 4.78 is 4.16. The van der Waals surface area contributed by atoms with E-state index < -0.39 is 0 Å². The molecule has 2 aliphatic rings. The quantitative estimate of drug-likeness (QED) is 0.724. The molecule has 130 valence electrons. The first-order valence-electron chi connectivity index (χ1n) is 9.17. The van der Waals surface area contributed by atoms with Crippen LogP contribution in [-0.2, 0) is 6.42 Å². The van der Waals surface area contributed by atoms with Crippen molar-refractivity contribution in [2.24, 2.45) is 0 Å². The van der Waals surface area contributed by atoms with Gasteiger partial charge in [-0.3, -0.25) is 0 Å². The van der Waals surface area contributed by atoms with Crippen molar-refractivity contribution in [2.75, 3.05) is 18.0 Å². The monoisotopic (exact) mass is 338 g/mol. The van der Waals surface area contributed by atoms with Crippen molar-refractivity contribution in [3.63, 3.8) is 0 Å². The molecule has 1 saturated carbocycles. The molecule has 0 atom stereocenters. The zero-order valence-electron chi connectivity index (χ0n) is 14.4. The van der Waals surface area contributed by atoms with Gasteiger partial charge in [0.2, 0.25) is 0 Å². The van der Waals surface area contributed by atoms with Crippen LogP contribution in [0.2, 0.25) is 0 Å². The van der Waals surface area contributed by atoms with Crippen LogP contribution in [0.1, 0.15) is 56.1 Å². The van der Waals surface area contributed by atoms with Crippen LogP contribution in [0.5, 0.6) is 0 Å². The Labute approximate surface area is 145 Å². The Morgan fingerprint density at radius 3 is 2.76 bits per heavy atom. The van der Waals surface area contributed by atoms with Crippen molar-refractivity contribution in [3.05, 3.63) is 30.2 Å². The molecule has 1 aliphatic heterocycles. The molecule has 5 rings (SSSR count). The van der Waals surface area contributed by atoms with E-state index in [-0.39, 0.29) is 0 Å². The van der Waals surface area contributed by atoms with Gasteiger partial charge in [0, 0.05) is 36.8 Å². The second kappa shape index (κ2) is 5.79. The molecule has 0 N–H and O–H groups in total. The predicted molar refractivity (Wildman–Crippen MR) is 92.6 cm³/mol. The third-order valence-corrected chi connectivity index (χ3v) is 5.37. The van der Waals surface area contributed by atoms with Crippen LogP contribution >= 0.6 is 0 Å². The van der Waals surface area contributed by atoms with Crippen molar-refractivity contribution in [2.45, 2.75) is 51.0 Å². The summed E-state index contributed by atoms with van der Waals surface area (Å²) in [5, 5.41) is 12.9. The molecule has 3 aromatic heterocycles. The standard InChI is InChI=1S/C17H22N8/c1-2-13-9-15(25-17(21-13)18-10-20-25)23-7-5-12(6-8-23)16-22-19-11-24(16)14-3-4-14/h9-12,14H,2-8H2,1H3. The van der Waals surface area contributed by atoms with E-state index in [1.54, 1.807) is 6.33 Å². The van der Waals surface area contributed by atoms with Crippen molar-refractivity contribution in [3.8, 4) is 0 Å². The Kier molecular flexibility index (Phi) is 3.43. The van der Waals surface area contributed by atoms with E-state index >= 15 is 0 Å². The van der Waals surface area contributed by atoms with Gasteiger partial charge < -0.3 is 9.47 Å². The third-order valence-electron chi connectivity index (χ3n) is 5.37. The molecular formula is C17H22N8. The minimum absolute atomic E-state index is 0.498. The zero-order chi connectivity index (χ0) is 16.8. The van der Waals surface area contributed by atoms with Crippen LogP contribution in [0, 0.1) is 0 Å². The second-order valence-electron chi connectivity index (χ2n) is 7.02. The van der Waals surface area contributed by atoms with Gasteiger partial charge in [0.25, 0.3) is 5.78 Å². The van der Waals surface area contributed by atoms with Crippen LogP contribution in [0.15, 0.2) is 18.7 Å². The van der Waals surface area contributed by atoms with Crippen molar-refractivity contribution in [1.82, 2.24) is 34.3 Å². The number of hydrogen-bond acceptors (Lipinski definition) is 6. The Morgan fingerprint density at radius 2 is 2.00 bits per heavy atom. The largest absolute Gasteiger partial charge is 0.356 e. The minimum atomic E-state index is 0.498. The Balaban J connectivity index is 1.38. The SMILES string of the molecule is CCc1cc(N2CCC(c3nncn3C3CC3)CC2)n2ncnc2n1. The molecule has 25 heavy (non-hydrogen) atoms. The van der Waals surface area contributed by atoms with E-state index in [2.05, 4.69) is 47.7 Å². The van der Waals surface area contributed by atoms with Gasteiger partial charge in [0.1, 0.15) is 24.3 Å². The maximum atomic E-state index is 4.54. The molecule has 1 aliphatic carbocycles. The summed E-state index contributed by atoms with van der Waals surface area (Å²) in [6.45, 7) is 4.10. The van der Waals surface area contributed by atoms with Crippen molar-refractivity contribution >= 4 is 11.6 Å². The first-order chi connectivity index (χ1) is 12.3. The van der Waals surface area contributed by atoms with Crippen LogP contribution in [0.4, 0.5) is 5.82 Å². The van der Waals surface area contributed by atoms with Crippen molar-refractivity contribution < 1.29 is 0 Å². The van der Waals surface area contributed by atoms with Gasteiger partial charge in [0.05, 0.1) is 0 Å². The van der Waals surface area contributed by atoms with Gasteiger partial charge in [0.15, 0.2) is 0 Å². The lowest BCUT2D eigenvalue weighted by molar-refractivity contribution is 0.461. The molecule has 0 amide bonds. The molecule has 1 saturated heterocycles. The number of nitrogens with zero attached hydrogens (tertiary/aromatic N) is 8. The number of aromatic nitrogens is 7. The van der Waals surface area contributed by atoms with E-state index in [0.717, 1.165) is 43.9 Å². The fraction of sp³-hybridized carbons (Fsp3) is 0.588. The Morgan fingerprint density at radius 1 is 1.16 bits per heavy atom. The highest BCUT2D eigenvalue weighted by atomic mass is 15.4. The molecule has 0 spiro atoms. The highest BCUT2D eigenvalue weighted by molar-refractivity contribution is 5.47. The second-order valence-corrected chi connectivity index (χ2v) is 7.02. The molecular weight excluding hydrogens is 316 g/mol. The van der Waals surface area contributed by atoms with Gasteiger partial charge >= 0.3 is 0 Å². The summed E-state index contributed by atoms with van der Waals surface area (Å²) in [5.74, 6) is 3.46. The lowest BCUT2D eigenvalue weighted by atomic mass is 9.96. The smallest absolute Gasteiger partial charge is 0.254 e. The highest BCUT2D eigenvalue weighted by Crippen LogP contribution is 2.38. The zero-order valence-corrected chi connectivity index (χ0v) is 14.4. The van der Waals surface area contributed by atoms with Crippen LogP contribution in [-0.4, -0.2) is 47.4 Å². The maximum Gasteiger partial charge on any atom is 0.254 e. The Hall–Kier alpha value is -2.51. The normalized spacial score (nSPS) is 19.0. The molecule has 3 aromatic rings. The molecule has 2 fully saturated rings. The number of rotatable bonds is 4. The lowest BCUT2D eigenvalue weighted by Gasteiger charge is -2.33. The third kappa shape index (κ3) is 2.56. The average Bonchev–Trinajstić information content (AvgIpc) is 3.19. The van der Waals surface area contributed by atoms with Crippen molar-refractivity contribution in [1.29, 1.82) is 0 Å². The maximum absolute atomic E-state index is 4.54. The number of anilines is 1. The summed E-state index contributed by atoms with van der Waals surface area (Å²) in [5.41, 5.74) is 1.06. The minimum Gasteiger partial charge on any atom is -0.356 e. The first-order valence-corrected chi connectivity index (χ1v) is 9.17. The molecule has 0 bridgehead atoms. The van der Waals surface area contributed by atoms with Gasteiger partial charge in [-0.25, -0.2) is 4.98 Å². The summed E-state index contributed by atoms with van der Waals surface area (Å²) in [6, 6.07) is 2.79. The molecule has 8 heteroatoms. The fourth-order valence-corrected chi connectivity index (χ4v) is 3.80. The van der Waals surface area contributed by atoms with E-state index in [1.807, 2.05) is 10.8 Å². The van der Waals surface area contributed by atoms with E-state index in [1.165, 1.54) is 18.7 Å². The van der Waals surface area contributed by atoms with E-state index in [4.69, 9.17) is 0 Å². The fourth-order valence-electron chi connectivity index (χ4n) is 3.80. The molecule has 0 unspecified atom stereocenters. The van der Waals surface area contributed by atoms with Crippen LogP contribution < -0.4 is 4.90 Å². The molecule has 4 heterocycles. The first kappa shape index (κ1) is 14.8. The average molecular weight is 338 g/mol. The predicted octanol–water partition coefficient (Wildman–Crippen LogP) is 2.00. The number of hydrogen-bond donors (Lipinski definition) is 0. The van der Waals surface area contributed by atoms with Gasteiger partial charge in [-0.15, -0.1) is 10.2 Å². The molecule has 0 radical (unpaired) electrons. The van der Waals surface area contributed by atoms with Gasteiger partial charge in [-0.1, -0.05) is 6.92 Å². The summed E-state index contributed by atoms with van der Waals surface area (Å²) in [7, 11) is 0. The summed E-state index contributed by atoms with van der Waals surface area (Å²) in [4.78, 5) is 11.2. The van der Waals surface area contributed by atoms with Crippen LogP contribution in [0.3, 0.4) is 0 Å².